The van der Waals surface area contributed by atoms with Crippen molar-refractivity contribution in [2.45, 2.75) is 31.8 Å². The molecule has 2 rings (SSSR count). The first kappa shape index (κ1) is 14.6. The number of ether oxygens (including phenoxy) is 1. The van der Waals surface area contributed by atoms with E-state index in [4.69, 9.17) is 10.5 Å². The monoisotopic (exact) mass is 272 g/mol. The summed E-state index contributed by atoms with van der Waals surface area (Å²) in [4.78, 5) is 12.0. The summed E-state index contributed by atoms with van der Waals surface area (Å²) in [6.45, 7) is 1.06. The lowest BCUT2D eigenvalue weighted by atomic mass is 10.1. The summed E-state index contributed by atoms with van der Waals surface area (Å²) in [7, 11) is 0. The molecule has 0 spiro atoms. The minimum Gasteiger partial charge on any atom is -0.378 e. The zero-order valence-electron chi connectivity index (χ0n) is 11.5. The highest BCUT2D eigenvalue weighted by molar-refractivity contribution is 5.92. The molecule has 1 heterocycles. The average molecular weight is 272 g/mol. The van der Waals surface area contributed by atoms with E-state index in [1.54, 1.807) is 0 Å². The Morgan fingerprint density at radius 3 is 3.00 bits per heavy atom. The Bertz CT molecular complexity index is 511. The molecule has 1 aromatic carbocycles. The SMILES string of the molecule is NCC#Cc1ccccc1NC(=O)CC1CCCCO1. The number of rotatable bonds is 3. The lowest BCUT2D eigenvalue weighted by Gasteiger charge is -2.22. The van der Waals surface area contributed by atoms with Gasteiger partial charge in [-0.2, -0.15) is 0 Å². The van der Waals surface area contributed by atoms with Gasteiger partial charge in [0, 0.05) is 12.2 Å². The van der Waals surface area contributed by atoms with Crippen LogP contribution in [0.5, 0.6) is 0 Å². The molecule has 1 fully saturated rings. The van der Waals surface area contributed by atoms with E-state index in [0.29, 0.717) is 13.0 Å². The van der Waals surface area contributed by atoms with Gasteiger partial charge in [-0.1, -0.05) is 24.0 Å². The smallest absolute Gasteiger partial charge is 0.227 e. The molecule has 106 valence electrons. The Morgan fingerprint density at radius 2 is 2.25 bits per heavy atom. The third-order valence-corrected chi connectivity index (χ3v) is 3.21. The van der Waals surface area contributed by atoms with Gasteiger partial charge >= 0.3 is 0 Å². The Balaban J connectivity index is 1.96. The van der Waals surface area contributed by atoms with Crippen molar-refractivity contribution in [2.75, 3.05) is 18.5 Å². The van der Waals surface area contributed by atoms with Crippen molar-refractivity contribution in [2.24, 2.45) is 5.73 Å². The second kappa shape index (κ2) is 7.68. The number of nitrogens with one attached hydrogen (secondary N) is 1. The minimum atomic E-state index is -0.0288. The van der Waals surface area contributed by atoms with E-state index in [1.165, 1.54) is 0 Å². The van der Waals surface area contributed by atoms with Crippen molar-refractivity contribution >= 4 is 11.6 Å². The van der Waals surface area contributed by atoms with Crippen LogP contribution in [0.15, 0.2) is 24.3 Å². The Hall–Kier alpha value is -1.83. The molecule has 3 N–H and O–H groups in total. The summed E-state index contributed by atoms with van der Waals surface area (Å²) >= 11 is 0. The van der Waals surface area contributed by atoms with Crippen LogP contribution in [0.3, 0.4) is 0 Å². The molecule has 4 nitrogen and oxygen atoms in total. The predicted molar refractivity (Wildman–Crippen MR) is 79.2 cm³/mol. The fourth-order valence-electron chi connectivity index (χ4n) is 2.22. The number of amides is 1. The topological polar surface area (TPSA) is 64.3 Å². The maximum atomic E-state index is 12.0. The number of nitrogens with two attached hydrogens (primary N) is 1. The van der Waals surface area contributed by atoms with E-state index in [2.05, 4.69) is 17.2 Å². The quantitative estimate of drug-likeness (QED) is 0.826. The van der Waals surface area contributed by atoms with E-state index in [-0.39, 0.29) is 12.0 Å². The van der Waals surface area contributed by atoms with Crippen LogP contribution >= 0.6 is 0 Å². The normalized spacial score (nSPS) is 17.9. The summed E-state index contributed by atoms with van der Waals surface area (Å²) in [5.41, 5.74) is 6.89. The number of anilines is 1. The molecule has 0 aromatic heterocycles. The van der Waals surface area contributed by atoms with Gasteiger partial charge in [-0.3, -0.25) is 4.79 Å². The van der Waals surface area contributed by atoms with Crippen molar-refractivity contribution in [1.29, 1.82) is 0 Å². The van der Waals surface area contributed by atoms with Crippen LogP contribution in [0, 0.1) is 11.8 Å². The molecular formula is C16H20N2O2. The van der Waals surface area contributed by atoms with Crippen LogP contribution in [0.2, 0.25) is 0 Å². The molecule has 0 saturated carbocycles. The second-order valence-corrected chi connectivity index (χ2v) is 4.79. The van der Waals surface area contributed by atoms with Crippen LogP contribution in [0.1, 0.15) is 31.2 Å². The standard InChI is InChI=1S/C16H20N2O2/c17-10-5-7-13-6-1-2-9-15(13)18-16(19)12-14-8-3-4-11-20-14/h1-2,6,9,14H,3-4,8,10-12,17H2,(H,18,19). The van der Waals surface area contributed by atoms with Crippen molar-refractivity contribution < 1.29 is 9.53 Å². The molecule has 0 aliphatic carbocycles. The third kappa shape index (κ3) is 4.37. The highest BCUT2D eigenvalue weighted by Crippen LogP contribution is 2.18. The molecule has 1 aliphatic heterocycles. The molecule has 20 heavy (non-hydrogen) atoms. The number of carbonyl (C=O) groups is 1. The lowest BCUT2D eigenvalue weighted by molar-refractivity contribution is -0.119. The summed E-state index contributed by atoms with van der Waals surface area (Å²) < 4.78 is 5.58. The van der Waals surface area contributed by atoms with E-state index in [1.807, 2.05) is 24.3 Å². The van der Waals surface area contributed by atoms with Crippen molar-refractivity contribution in [3.63, 3.8) is 0 Å². The van der Waals surface area contributed by atoms with Gasteiger partial charge in [-0.05, 0) is 31.4 Å². The molecule has 1 aromatic rings. The van der Waals surface area contributed by atoms with Crippen LogP contribution in [-0.4, -0.2) is 25.2 Å². The number of benzene rings is 1. The van der Waals surface area contributed by atoms with Gasteiger partial charge in [0.15, 0.2) is 0 Å². The molecule has 0 radical (unpaired) electrons. The van der Waals surface area contributed by atoms with Crippen molar-refractivity contribution in [3.8, 4) is 11.8 Å². The van der Waals surface area contributed by atoms with Gasteiger partial charge in [0.2, 0.25) is 5.91 Å². The lowest BCUT2D eigenvalue weighted by Crippen LogP contribution is -2.25. The van der Waals surface area contributed by atoms with Gasteiger partial charge in [-0.25, -0.2) is 0 Å². The van der Waals surface area contributed by atoms with Gasteiger partial charge in [0.25, 0.3) is 0 Å². The highest BCUT2D eigenvalue weighted by atomic mass is 16.5. The maximum absolute atomic E-state index is 12.0. The number of hydrogen-bond donors (Lipinski definition) is 2. The fourth-order valence-corrected chi connectivity index (χ4v) is 2.22. The summed E-state index contributed by atoms with van der Waals surface area (Å²) in [5.74, 6) is 5.73. The maximum Gasteiger partial charge on any atom is 0.227 e. The first-order valence-electron chi connectivity index (χ1n) is 6.99. The van der Waals surface area contributed by atoms with Gasteiger partial charge in [0.05, 0.1) is 24.8 Å². The first-order chi connectivity index (χ1) is 9.79. The molecular weight excluding hydrogens is 252 g/mol. The zero-order valence-corrected chi connectivity index (χ0v) is 11.5. The minimum absolute atomic E-state index is 0.0288. The third-order valence-electron chi connectivity index (χ3n) is 3.21. The van der Waals surface area contributed by atoms with Gasteiger partial charge in [0.1, 0.15) is 0 Å². The van der Waals surface area contributed by atoms with E-state index in [9.17, 15) is 4.79 Å². The average Bonchev–Trinajstić information content (AvgIpc) is 2.47. The fraction of sp³-hybridized carbons (Fsp3) is 0.438. The van der Waals surface area contributed by atoms with E-state index >= 15 is 0 Å². The van der Waals surface area contributed by atoms with Crippen LogP contribution in [0.4, 0.5) is 5.69 Å². The largest absolute Gasteiger partial charge is 0.378 e. The summed E-state index contributed by atoms with van der Waals surface area (Å²) in [6.07, 6.45) is 3.64. The van der Waals surface area contributed by atoms with Crippen molar-refractivity contribution in [3.05, 3.63) is 29.8 Å². The Labute approximate surface area is 119 Å². The number of para-hydroxylation sites is 1. The van der Waals surface area contributed by atoms with Crippen LogP contribution < -0.4 is 11.1 Å². The van der Waals surface area contributed by atoms with E-state index in [0.717, 1.165) is 37.1 Å². The second-order valence-electron chi connectivity index (χ2n) is 4.79. The number of carbonyl (C=O) groups excluding carboxylic acids is 1. The van der Waals surface area contributed by atoms with Crippen LogP contribution in [0.25, 0.3) is 0 Å². The molecule has 4 heteroatoms. The predicted octanol–water partition coefficient (Wildman–Crippen LogP) is 1.89. The highest BCUT2D eigenvalue weighted by Gasteiger charge is 2.18. The summed E-state index contributed by atoms with van der Waals surface area (Å²) in [5, 5.41) is 2.90. The molecule has 1 saturated heterocycles. The molecule has 1 aliphatic rings. The molecule has 1 amide bonds. The summed E-state index contributed by atoms with van der Waals surface area (Å²) in [6, 6.07) is 7.48. The van der Waals surface area contributed by atoms with Crippen molar-refractivity contribution in [1.82, 2.24) is 0 Å². The Morgan fingerprint density at radius 1 is 1.40 bits per heavy atom. The molecule has 1 unspecified atom stereocenters. The van der Waals surface area contributed by atoms with Gasteiger partial charge in [-0.15, -0.1) is 0 Å². The van der Waals surface area contributed by atoms with Crippen LogP contribution in [-0.2, 0) is 9.53 Å². The Kier molecular flexibility index (Phi) is 5.60. The van der Waals surface area contributed by atoms with E-state index < -0.39 is 0 Å². The number of hydrogen-bond acceptors (Lipinski definition) is 3. The molecule has 1 atom stereocenters. The molecule has 0 bridgehead atoms. The first-order valence-corrected chi connectivity index (χ1v) is 6.99. The van der Waals surface area contributed by atoms with Gasteiger partial charge < -0.3 is 15.8 Å². The zero-order chi connectivity index (χ0) is 14.2.